The molecule has 1 saturated heterocycles. The second-order valence-corrected chi connectivity index (χ2v) is 5.25. The number of carbonyl (C=O) groups excluding carboxylic acids is 1. The van der Waals surface area contributed by atoms with Gasteiger partial charge in [-0.15, -0.1) is 0 Å². The van der Waals surface area contributed by atoms with Gasteiger partial charge in [-0.3, -0.25) is 14.9 Å². The third kappa shape index (κ3) is 3.30. The fraction of sp³-hybridized carbons (Fsp3) is 0.286. The monoisotopic (exact) mass is 347 g/mol. The van der Waals surface area contributed by atoms with E-state index in [4.69, 9.17) is 9.84 Å². The molecule has 2 aromatic rings. The highest BCUT2D eigenvalue weighted by molar-refractivity contribution is 5.95. The predicted molar refractivity (Wildman–Crippen MR) is 81.3 cm³/mol. The zero-order valence-corrected chi connectivity index (χ0v) is 12.8. The number of amides is 1. The number of carboxylic acid groups (broad SMARTS) is 1. The molecule has 0 radical (unpaired) electrons. The predicted octanol–water partition coefficient (Wildman–Crippen LogP) is 0.101. The van der Waals surface area contributed by atoms with Crippen LogP contribution >= 0.6 is 0 Å². The van der Waals surface area contributed by atoms with Gasteiger partial charge >= 0.3 is 5.97 Å². The summed E-state index contributed by atoms with van der Waals surface area (Å²) in [7, 11) is 0. The van der Waals surface area contributed by atoms with Crippen LogP contribution < -0.4 is 0 Å². The Morgan fingerprint density at radius 2 is 2.20 bits per heavy atom. The molecule has 0 spiro atoms. The van der Waals surface area contributed by atoms with Gasteiger partial charge in [-0.1, -0.05) is 0 Å². The Labute approximate surface area is 140 Å². The number of rotatable bonds is 4. The number of nitrogens with zero attached hydrogens (tertiary/aromatic N) is 5. The first-order valence-electron chi connectivity index (χ1n) is 7.24. The molecule has 2 heterocycles. The zero-order chi connectivity index (χ0) is 18.0. The van der Waals surface area contributed by atoms with Crippen molar-refractivity contribution in [3.8, 4) is 5.69 Å². The van der Waals surface area contributed by atoms with Gasteiger partial charge in [0.25, 0.3) is 11.6 Å². The van der Waals surface area contributed by atoms with Crippen LogP contribution in [0.2, 0.25) is 0 Å². The molecule has 11 heteroatoms. The van der Waals surface area contributed by atoms with Gasteiger partial charge in [-0.2, -0.15) is 5.10 Å². The summed E-state index contributed by atoms with van der Waals surface area (Å²) >= 11 is 0. The average Bonchev–Trinajstić information content (AvgIpc) is 3.15. The SMILES string of the molecule is O=C(O)C1CN(C(=O)c2ccc(-n3cncn3)c([N+](=O)[O-])c2)CCO1. The Kier molecular flexibility index (Phi) is 4.39. The van der Waals surface area contributed by atoms with Gasteiger partial charge in [0.15, 0.2) is 6.10 Å². The maximum atomic E-state index is 12.6. The lowest BCUT2D eigenvalue weighted by molar-refractivity contribution is -0.384. The smallest absolute Gasteiger partial charge is 0.334 e. The Morgan fingerprint density at radius 1 is 1.40 bits per heavy atom. The fourth-order valence-electron chi connectivity index (χ4n) is 2.49. The molecule has 1 atom stereocenters. The first-order chi connectivity index (χ1) is 12.0. The van der Waals surface area contributed by atoms with Crippen LogP contribution in [0.25, 0.3) is 5.69 Å². The third-order valence-electron chi connectivity index (χ3n) is 3.71. The molecule has 25 heavy (non-hydrogen) atoms. The lowest BCUT2D eigenvalue weighted by atomic mass is 10.1. The van der Waals surface area contributed by atoms with Crippen molar-refractivity contribution in [1.82, 2.24) is 19.7 Å². The molecule has 1 fully saturated rings. The second kappa shape index (κ2) is 6.65. The summed E-state index contributed by atoms with van der Waals surface area (Å²) in [6, 6.07) is 3.97. The summed E-state index contributed by atoms with van der Waals surface area (Å²) in [4.78, 5) is 39.3. The van der Waals surface area contributed by atoms with Crippen LogP contribution in [-0.2, 0) is 9.53 Å². The van der Waals surface area contributed by atoms with Crippen LogP contribution in [0.4, 0.5) is 5.69 Å². The summed E-state index contributed by atoms with van der Waals surface area (Å²) in [6.07, 6.45) is 1.44. The molecule has 11 nitrogen and oxygen atoms in total. The minimum Gasteiger partial charge on any atom is -0.479 e. The quantitative estimate of drug-likeness (QED) is 0.606. The highest BCUT2D eigenvalue weighted by Crippen LogP contribution is 2.24. The molecule has 130 valence electrons. The standard InChI is InChI=1S/C14H13N5O6/c20-13(17-3-4-25-12(6-17)14(21)22)9-1-2-10(11(5-9)19(23)24)18-8-15-7-16-18/h1-2,5,7-8,12H,3-4,6H2,(H,21,22). The average molecular weight is 347 g/mol. The largest absolute Gasteiger partial charge is 0.479 e. The lowest BCUT2D eigenvalue weighted by Crippen LogP contribution is -2.48. The van der Waals surface area contributed by atoms with E-state index in [1.165, 1.54) is 34.4 Å². The summed E-state index contributed by atoms with van der Waals surface area (Å²) in [5, 5.41) is 24.2. The topological polar surface area (TPSA) is 141 Å². The van der Waals surface area contributed by atoms with Gasteiger partial charge in [0.2, 0.25) is 0 Å². The second-order valence-electron chi connectivity index (χ2n) is 5.25. The number of aliphatic carboxylic acids is 1. The first-order valence-corrected chi connectivity index (χ1v) is 7.24. The van der Waals surface area contributed by atoms with Crippen molar-refractivity contribution in [2.45, 2.75) is 6.10 Å². The number of ether oxygens (including phenoxy) is 1. The molecular formula is C14H13N5O6. The van der Waals surface area contributed by atoms with Gasteiger partial charge in [0.1, 0.15) is 18.3 Å². The maximum absolute atomic E-state index is 12.6. The molecule has 3 rings (SSSR count). The van der Waals surface area contributed by atoms with Gasteiger partial charge in [0, 0.05) is 18.2 Å². The van der Waals surface area contributed by atoms with Gasteiger partial charge < -0.3 is 14.7 Å². The van der Waals surface area contributed by atoms with Crippen LogP contribution in [0.15, 0.2) is 30.9 Å². The number of hydrogen-bond acceptors (Lipinski definition) is 7. The molecule has 1 aromatic carbocycles. The number of hydrogen-bond donors (Lipinski definition) is 1. The van der Waals surface area contributed by atoms with Crippen molar-refractivity contribution in [1.29, 1.82) is 0 Å². The van der Waals surface area contributed by atoms with E-state index < -0.39 is 22.9 Å². The Morgan fingerprint density at radius 3 is 2.84 bits per heavy atom. The summed E-state index contributed by atoms with van der Waals surface area (Å²) < 4.78 is 6.29. The first kappa shape index (κ1) is 16.5. The highest BCUT2D eigenvalue weighted by Gasteiger charge is 2.30. The Bertz CT molecular complexity index is 821. The molecule has 1 aliphatic heterocycles. The fourth-order valence-corrected chi connectivity index (χ4v) is 2.49. The van der Waals surface area contributed by atoms with E-state index in [1.807, 2.05) is 0 Å². The summed E-state index contributed by atoms with van der Waals surface area (Å²) in [5.74, 6) is -1.66. The number of benzene rings is 1. The zero-order valence-electron chi connectivity index (χ0n) is 12.8. The summed E-state index contributed by atoms with van der Waals surface area (Å²) in [5.41, 5.74) is -0.0505. The number of carboxylic acids is 1. The summed E-state index contributed by atoms with van der Waals surface area (Å²) in [6.45, 7) is 0.176. The minimum atomic E-state index is -1.16. The number of morpholine rings is 1. The third-order valence-corrected chi connectivity index (χ3v) is 3.71. The van der Waals surface area contributed by atoms with Crippen molar-refractivity contribution in [2.75, 3.05) is 19.7 Å². The van der Waals surface area contributed by atoms with Crippen LogP contribution in [0.3, 0.4) is 0 Å². The number of aromatic nitrogens is 3. The van der Waals surface area contributed by atoms with Crippen molar-refractivity contribution >= 4 is 17.6 Å². The Hall–Kier alpha value is -3.34. The van der Waals surface area contributed by atoms with E-state index in [1.54, 1.807) is 0 Å². The lowest BCUT2D eigenvalue weighted by Gasteiger charge is -2.30. The van der Waals surface area contributed by atoms with Gasteiger partial charge in [0.05, 0.1) is 18.1 Å². The molecule has 0 bridgehead atoms. The molecular weight excluding hydrogens is 334 g/mol. The van der Waals surface area contributed by atoms with E-state index in [2.05, 4.69) is 10.1 Å². The normalized spacial score (nSPS) is 17.3. The van der Waals surface area contributed by atoms with Crippen LogP contribution in [0.5, 0.6) is 0 Å². The molecule has 0 saturated carbocycles. The molecule has 1 aliphatic rings. The van der Waals surface area contributed by atoms with Crippen molar-refractivity contribution < 1.29 is 24.4 Å². The number of nitro benzene ring substituents is 1. The van der Waals surface area contributed by atoms with Crippen molar-refractivity contribution in [2.24, 2.45) is 0 Å². The molecule has 0 aliphatic carbocycles. The van der Waals surface area contributed by atoms with Crippen molar-refractivity contribution in [3.63, 3.8) is 0 Å². The number of carbonyl (C=O) groups is 2. The van der Waals surface area contributed by atoms with E-state index in [-0.39, 0.29) is 36.6 Å². The molecule has 1 amide bonds. The Balaban J connectivity index is 1.90. The number of nitro groups is 1. The van der Waals surface area contributed by atoms with E-state index in [0.29, 0.717) is 0 Å². The maximum Gasteiger partial charge on any atom is 0.334 e. The van der Waals surface area contributed by atoms with Crippen LogP contribution in [0, 0.1) is 10.1 Å². The van der Waals surface area contributed by atoms with Crippen molar-refractivity contribution in [3.05, 3.63) is 46.5 Å². The van der Waals surface area contributed by atoms with E-state index in [9.17, 15) is 19.7 Å². The highest BCUT2D eigenvalue weighted by atomic mass is 16.6. The van der Waals surface area contributed by atoms with E-state index >= 15 is 0 Å². The van der Waals surface area contributed by atoms with Crippen LogP contribution in [-0.4, -0.2) is 67.4 Å². The van der Waals surface area contributed by atoms with E-state index in [0.717, 1.165) is 6.07 Å². The van der Waals surface area contributed by atoms with Gasteiger partial charge in [-0.25, -0.2) is 14.5 Å². The van der Waals surface area contributed by atoms with Crippen LogP contribution in [0.1, 0.15) is 10.4 Å². The van der Waals surface area contributed by atoms with Gasteiger partial charge in [-0.05, 0) is 12.1 Å². The molecule has 1 unspecified atom stereocenters. The molecule has 1 aromatic heterocycles. The molecule has 1 N–H and O–H groups in total. The minimum absolute atomic E-state index is 0.0848.